The minimum absolute atomic E-state index is 0.117. The van der Waals surface area contributed by atoms with E-state index < -0.39 is 0 Å². The van der Waals surface area contributed by atoms with Gasteiger partial charge in [-0.3, -0.25) is 4.98 Å². The Morgan fingerprint density at radius 2 is 2.12 bits per heavy atom. The molecule has 2 atom stereocenters. The minimum Gasteiger partial charge on any atom is -0.393 e. The largest absolute Gasteiger partial charge is 0.393 e. The van der Waals surface area contributed by atoms with E-state index in [9.17, 15) is 5.11 Å². The second-order valence-corrected chi connectivity index (χ2v) is 5.39. The molecule has 0 saturated heterocycles. The minimum atomic E-state index is -0.117. The van der Waals surface area contributed by atoms with Crippen LogP contribution < -0.4 is 0 Å². The summed E-state index contributed by atoms with van der Waals surface area (Å²) in [6, 6.07) is 4.28. The Morgan fingerprint density at radius 1 is 1.35 bits per heavy atom. The Balaban J connectivity index is 2.25. The summed E-state index contributed by atoms with van der Waals surface area (Å²) in [6.45, 7) is 2.91. The fourth-order valence-electron chi connectivity index (χ4n) is 2.66. The molecule has 1 N–H and O–H groups in total. The third-order valence-electron chi connectivity index (χ3n) is 3.46. The van der Waals surface area contributed by atoms with Crippen molar-refractivity contribution in [1.29, 1.82) is 0 Å². The van der Waals surface area contributed by atoms with E-state index in [0.29, 0.717) is 5.92 Å². The molecule has 94 valence electrons. The van der Waals surface area contributed by atoms with Gasteiger partial charge in [0.15, 0.2) is 0 Å². The van der Waals surface area contributed by atoms with E-state index in [0.717, 1.165) is 31.5 Å². The summed E-state index contributed by atoms with van der Waals surface area (Å²) in [5.74, 6) is 0.494. The van der Waals surface area contributed by atoms with Gasteiger partial charge in [-0.25, -0.2) is 0 Å². The Morgan fingerprint density at radius 3 is 2.71 bits per heavy atom. The highest BCUT2D eigenvalue weighted by molar-refractivity contribution is 5.27. The molecule has 1 aliphatic carbocycles. The lowest BCUT2D eigenvalue weighted by Crippen LogP contribution is -2.15. The molecule has 17 heavy (non-hydrogen) atoms. The van der Waals surface area contributed by atoms with Crippen LogP contribution in [0, 0.1) is 6.92 Å². The third kappa shape index (κ3) is 3.05. The second kappa shape index (κ2) is 5.15. The molecule has 1 heterocycles. The fraction of sp³-hybridized carbons (Fsp3) is 0.643. The monoisotopic (exact) mass is 234 g/mol. The van der Waals surface area contributed by atoms with Crippen LogP contribution in [0.25, 0.3) is 0 Å². The molecule has 1 aromatic heterocycles. The van der Waals surface area contributed by atoms with Crippen molar-refractivity contribution < 1.29 is 5.11 Å². The van der Waals surface area contributed by atoms with Crippen molar-refractivity contribution in [3.8, 4) is 0 Å². The van der Waals surface area contributed by atoms with E-state index in [1.54, 1.807) is 0 Å². The van der Waals surface area contributed by atoms with Gasteiger partial charge in [0, 0.05) is 12.2 Å². The number of hydrogen-bond acceptors (Lipinski definition) is 3. The summed E-state index contributed by atoms with van der Waals surface area (Å²) in [5, 5.41) is 9.66. The first-order valence-corrected chi connectivity index (χ1v) is 6.35. The van der Waals surface area contributed by atoms with Crippen LogP contribution in [0.2, 0.25) is 0 Å². The summed E-state index contributed by atoms with van der Waals surface area (Å²) in [4.78, 5) is 6.81. The molecular formula is C14H22N2O. The summed E-state index contributed by atoms with van der Waals surface area (Å²) in [7, 11) is 4.13. The Kier molecular flexibility index (Phi) is 3.79. The number of pyridine rings is 1. The molecule has 0 radical (unpaired) electrons. The predicted molar refractivity (Wildman–Crippen MR) is 69.0 cm³/mol. The smallest absolute Gasteiger partial charge is 0.0581 e. The van der Waals surface area contributed by atoms with Crippen molar-refractivity contribution in [2.75, 3.05) is 14.1 Å². The fourth-order valence-corrected chi connectivity index (χ4v) is 2.66. The zero-order valence-electron chi connectivity index (χ0n) is 11.0. The molecule has 3 nitrogen and oxygen atoms in total. The number of aliphatic hydroxyl groups is 1. The van der Waals surface area contributed by atoms with E-state index in [2.05, 4.69) is 36.1 Å². The molecule has 2 unspecified atom stereocenters. The number of rotatable bonds is 3. The van der Waals surface area contributed by atoms with Crippen LogP contribution in [0.15, 0.2) is 12.1 Å². The lowest BCUT2D eigenvalue weighted by molar-refractivity contribution is 0.181. The van der Waals surface area contributed by atoms with Crippen LogP contribution in [0.4, 0.5) is 0 Å². The van der Waals surface area contributed by atoms with Crippen LogP contribution in [-0.2, 0) is 6.54 Å². The van der Waals surface area contributed by atoms with Gasteiger partial charge in [-0.15, -0.1) is 0 Å². The lowest BCUT2D eigenvalue weighted by Gasteiger charge is -2.18. The average Bonchev–Trinajstić information content (AvgIpc) is 2.64. The van der Waals surface area contributed by atoms with Gasteiger partial charge in [0.1, 0.15) is 0 Å². The molecule has 1 fully saturated rings. The molecule has 0 spiro atoms. The second-order valence-electron chi connectivity index (χ2n) is 5.39. The number of aromatic nitrogens is 1. The van der Waals surface area contributed by atoms with E-state index >= 15 is 0 Å². The van der Waals surface area contributed by atoms with Crippen LogP contribution in [0.1, 0.15) is 42.1 Å². The lowest BCUT2D eigenvalue weighted by atomic mass is 9.95. The summed E-state index contributed by atoms with van der Waals surface area (Å²) in [5.41, 5.74) is 3.58. The van der Waals surface area contributed by atoms with Crippen molar-refractivity contribution in [2.24, 2.45) is 0 Å². The van der Waals surface area contributed by atoms with Crippen LogP contribution in [0.5, 0.6) is 0 Å². The van der Waals surface area contributed by atoms with Gasteiger partial charge in [-0.1, -0.05) is 6.07 Å². The van der Waals surface area contributed by atoms with E-state index in [1.165, 1.54) is 11.3 Å². The van der Waals surface area contributed by atoms with Gasteiger partial charge in [-0.2, -0.15) is 0 Å². The highest BCUT2D eigenvalue weighted by atomic mass is 16.3. The first kappa shape index (κ1) is 12.5. The Hall–Kier alpha value is -0.930. The average molecular weight is 234 g/mol. The molecule has 0 aromatic carbocycles. The maximum Gasteiger partial charge on any atom is 0.0581 e. The summed E-state index contributed by atoms with van der Waals surface area (Å²) in [6.07, 6.45) is 2.80. The molecular weight excluding hydrogens is 212 g/mol. The van der Waals surface area contributed by atoms with E-state index in [4.69, 9.17) is 0 Å². The SMILES string of the molecule is Cc1ccc(C2CCC(O)C2)c(CN(C)C)n1. The maximum atomic E-state index is 9.66. The maximum absolute atomic E-state index is 9.66. The van der Waals surface area contributed by atoms with E-state index in [1.807, 2.05) is 6.92 Å². The zero-order chi connectivity index (χ0) is 12.4. The first-order valence-electron chi connectivity index (χ1n) is 6.35. The third-order valence-corrected chi connectivity index (χ3v) is 3.46. The van der Waals surface area contributed by atoms with Crippen molar-refractivity contribution >= 4 is 0 Å². The molecule has 2 rings (SSSR count). The van der Waals surface area contributed by atoms with Gasteiger partial charge in [0.05, 0.1) is 11.8 Å². The Bertz CT molecular complexity index is 390. The van der Waals surface area contributed by atoms with E-state index in [-0.39, 0.29) is 6.10 Å². The molecule has 0 amide bonds. The number of hydrogen-bond donors (Lipinski definition) is 1. The van der Waals surface area contributed by atoms with Crippen molar-refractivity contribution in [3.63, 3.8) is 0 Å². The topological polar surface area (TPSA) is 36.4 Å². The molecule has 1 aromatic rings. The summed E-state index contributed by atoms with van der Waals surface area (Å²) >= 11 is 0. The van der Waals surface area contributed by atoms with Gasteiger partial charge in [0.2, 0.25) is 0 Å². The summed E-state index contributed by atoms with van der Waals surface area (Å²) < 4.78 is 0. The molecule has 0 aliphatic heterocycles. The number of aryl methyl sites for hydroxylation is 1. The quantitative estimate of drug-likeness (QED) is 0.870. The van der Waals surface area contributed by atoms with Crippen LogP contribution >= 0.6 is 0 Å². The molecule has 0 bridgehead atoms. The van der Waals surface area contributed by atoms with Crippen LogP contribution in [0.3, 0.4) is 0 Å². The van der Waals surface area contributed by atoms with Gasteiger partial charge in [-0.05, 0) is 57.8 Å². The highest BCUT2D eigenvalue weighted by Crippen LogP contribution is 2.35. The van der Waals surface area contributed by atoms with Crippen molar-refractivity contribution in [3.05, 3.63) is 29.1 Å². The normalized spacial score (nSPS) is 24.5. The zero-order valence-corrected chi connectivity index (χ0v) is 11.0. The van der Waals surface area contributed by atoms with Gasteiger partial charge in [0.25, 0.3) is 0 Å². The van der Waals surface area contributed by atoms with Gasteiger partial charge < -0.3 is 10.0 Å². The first-order chi connectivity index (χ1) is 8.06. The van der Waals surface area contributed by atoms with Crippen molar-refractivity contribution in [2.45, 2.75) is 44.8 Å². The standard InChI is InChI=1S/C14H22N2O/c1-10-4-7-13(11-5-6-12(17)8-11)14(15-10)9-16(2)3/h4,7,11-12,17H,5-6,8-9H2,1-3H3. The number of aliphatic hydroxyl groups excluding tert-OH is 1. The molecule has 1 saturated carbocycles. The van der Waals surface area contributed by atoms with Gasteiger partial charge >= 0.3 is 0 Å². The molecule has 3 heteroatoms. The van der Waals surface area contributed by atoms with Crippen LogP contribution in [-0.4, -0.2) is 35.2 Å². The van der Waals surface area contributed by atoms with Crippen molar-refractivity contribution in [1.82, 2.24) is 9.88 Å². The predicted octanol–water partition coefficient (Wildman–Crippen LogP) is 2.08. The number of nitrogens with zero attached hydrogens (tertiary/aromatic N) is 2. The molecule has 1 aliphatic rings. The Labute approximate surface area is 103 Å². The highest BCUT2D eigenvalue weighted by Gasteiger charge is 2.26.